The van der Waals surface area contributed by atoms with Crippen LogP contribution in [0.2, 0.25) is 0 Å². The molecule has 4 aromatic rings. The smallest absolute Gasteiger partial charge is 0.273 e. The van der Waals surface area contributed by atoms with E-state index in [4.69, 9.17) is 17.3 Å². The fourth-order valence-corrected chi connectivity index (χ4v) is 4.85. The second kappa shape index (κ2) is 10.1. The summed E-state index contributed by atoms with van der Waals surface area (Å²) in [7, 11) is 0. The number of thiocarbonyl (C=S) groups is 1. The molecule has 1 N–H and O–H groups in total. The van der Waals surface area contributed by atoms with Crippen LogP contribution >= 0.6 is 24.0 Å². The highest BCUT2D eigenvalue weighted by atomic mass is 32.2. The number of hydrogen-bond donors (Lipinski definition) is 1. The lowest BCUT2D eigenvalue weighted by molar-refractivity contribution is -0.132. The Kier molecular flexibility index (Phi) is 6.56. The number of carbonyl (C=O) groups excluding carboxylic acids is 2. The van der Waals surface area contributed by atoms with E-state index in [2.05, 4.69) is 5.43 Å². The molecule has 1 fully saturated rings. The van der Waals surface area contributed by atoms with E-state index >= 15 is 0 Å². The van der Waals surface area contributed by atoms with Crippen molar-refractivity contribution in [2.45, 2.75) is 6.42 Å². The lowest BCUT2D eigenvalue weighted by Crippen LogP contribution is -2.45. The Morgan fingerprint density at radius 1 is 0.943 bits per heavy atom. The molecule has 35 heavy (non-hydrogen) atoms. The van der Waals surface area contributed by atoms with Crippen molar-refractivity contribution in [2.24, 2.45) is 0 Å². The van der Waals surface area contributed by atoms with E-state index in [-0.39, 0.29) is 22.6 Å². The zero-order chi connectivity index (χ0) is 24.2. The first-order valence-electron chi connectivity index (χ1n) is 10.9. The summed E-state index contributed by atoms with van der Waals surface area (Å²) in [5, 5.41) is 5.93. The van der Waals surface area contributed by atoms with Crippen molar-refractivity contribution in [2.75, 3.05) is 0 Å². The van der Waals surface area contributed by atoms with Gasteiger partial charge in [0.1, 0.15) is 0 Å². The average Bonchev–Trinajstić information content (AvgIpc) is 3.42. The lowest BCUT2D eigenvalue weighted by Gasteiger charge is -2.15. The van der Waals surface area contributed by atoms with E-state index in [9.17, 15) is 9.59 Å². The molecule has 8 heteroatoms. The molecule has 3 aromatic carbocycles. The van der Waals surface area contributed by atoms with E-state index in [0.29, 0.717) is 4.91 Å². The molecule has 2 heterocycles. The third-order valence-electron chi connectivity index (χ3n) is 5.33. The fraction of sp³-hybridized carbons (Fsp3) is 0.0370. The molecule has 5 rings (SSSR count). The maximum absolute atomic E-state index is 13.1. The Balaban J connectivity index is 1.43. The van der Waals surface area contributed by atoms with Gasteiger partial charge in [0.05, 0.1) is 22.7 Å². The molecule has 1 aliphatic rings. The maximum Gasteiger partial charge on any atom is 0.285 e. The molecule has 0 atom stereocenters. The molecule has 1 aliphatic heterocycles. The van der Waals surface area contributed by atoms with Crippen LogP contribution in [-0.4, -0.2) is 30.9 Å². The Labute approximate surface area is 212 Å². The van der Waals surface area contributed by atoms with Crippen molar-refractivity contribution < 1.29 is 9.59 Å². The summed E-state index contributed by atoms with van der Waals surface area (Å²) < 4.78 is 2.07. The summed E-state index contributed by atoms with van der Waals surface area (Å²) in [6.45, 7) is 0. The van der Waals surface area contributed by atoms with Crippen molar-refractivity contribution in [1.82, 2.24) is 20.2 Å². The molecule has 172 valence electrons. The Morgan fingerprint density at radius 3 is 2.26 bits per heavy atom. The summed E-state index contributed by atoms with van der Waals surface area (Å²) in [4.78, 5) is 26.1. The number of hydrazine groups is 1. The summed E-state index contributed by atoms with van der Waals surface area (Å²) in [6, 6.07) is 28.9. The van der Waals surface area contributed by atoms with Gasteiger partial charge < -0.3 is 0 Å². The van der Waals surface area contributed by atoms with Gasteiger partial charge in [-0.3, -0.25) is 15.0 Å². The van der Waals surface area contributed by atoms with E-state index in [1.165, 1.54) is 0 Å². The minimum absolute atomic E-state index is 0.152. The molecule has 0 saturated carbocycles. The summed E-state index contributed by atoms with van der Waals surface area (Å²) in [5.74, 6) is -0.677. The van der Waals surface area contributed by atoms with Gasteiger partial charge in [0.25, 0.3) is 5.91 Å². The van der Waals surface area contributed by atoms with Crippen molar-refractivity contribution in [1.29, 1.82) is 0 Å². The van der Waals surface area contributed by atoms with Crippen molar-refractivity contribution in [3.05, 3.63) is 113 Å². The Hall–Kier alpha value is -4.01. The van der Waals surface area contributed by atoms with Crippen LogP contribution in [-0.2, 0) is 16.0 Å². The normalized spacial score (nSPS) is 14.5. The third kappa shape index (κ3) is 5.08. The molecule has 0 spiro atoms. The highest BCUT2D eigenvalue weighted by molar-refractivity contribution is 8.26. The molecule has 6 nitrogen and oxygen atoms in total. The van der Waals surface area contributed by atoms with Gasteiger partial charge >= 0.3 is 0 Å². The van der Waals surface area contributed by atoms with Crippen molar-refractivity contribution >= 4 is 46.2 Å². The molecule has 0 radical (unpaired) electrons. The number of para-hydroxylation sites is 1. The van der Waals surface area contributed by atoms with Gasteiger partial charge in [-0.05, 0) is 36.0 Å². The van der Waals surface area contributed by atoms with Crippen LogP contribution in [0.25, 0.3) is 23.0 Å². The van der Waals surface area contributed by atoms with E-state index in [1.807, 2.05) is 97.2 Å². The molecule has 0 bridgehead atoms. The monoisotopic (exact) mass is 496 g/mol. The number of rotatable bonds is 6. The van der Waals surface area contributed by atoms with Crippen LogP contribution in [0.3, 0.4) is 0 Å². The van der Waals surface area contributed by atoms with Gasteiger partial charge in [-0.25, -0.2) is 4.68 Å². The van der Waals surface area contributed by atoms with E-state index < -0.39 is 0 Å². The second-order valence-corrected chi connectivity index (χ2v) is 9.47. The number of benzene rings is 3. The summed E-state index contributed by atoms with van der Waals surface area (Å²) >= 11 is 6.54. The first-order chi connectivity index (χ1) is 17.1. The van der Waals surface area contributed by atoms with Crippen LogP contribution in [0.4, 0.5) is 0 Å². The van der Waals surface area contributed by atoms with Crippen LogP contribution in [0.5, 0.6) is 0 Å². The number of aromatic nitrogens is 2. The number of amides is 2. The summed E-state index contributed by atoms with van der Waals surface area (Å²) in [6.07, 6.45) is 3.81. The molecular weight excluding hydrogens is 476 g/mol. The van der Waals surface area contributed by atoms with Crippen LogP contribution < -0.4 is 5.43 Å². The molecule has 1 aromatic heterocycles. The van der Waals surface area contributed by atoms with Gasteiger partial charge in [0.15, 0.2) is 4.32 Å². The minimum atomic E-state index is -0.368. The SMILES string of the molecule is O=C(Cc1ccccc1)NN1C(=O)/C(=C/c2cn(-c3ccccc3)nc2-c2ccccc2)SC1=S. The fourth-order valence-electron chi connectivity index (χ4n) is 3.68. The predicted octanol–water partition coefficient (Wildman–Crippen LogP) is 5.01. The first kappa shape index (κ1) is 22.8. The first-order valence-corrected chi connectivity index (χ1v) is 12.1. The zero-order valence-electron chi connectivity index (χ0n) is 18.5. The molecule has 1 saturated heterocycles. The average molecular weight is 497 g/mol. The van der Waals surface area contributed by atoms with E-state index in [0.717, 1.165) is 44.8 Å². The van der Waals surface area contributed by atoms with Gasteiger partial charge in [-0.15, -0.1) is 0 Å². The maximum atomic E-state index is 13.1. The zero-order valence-corrected chi connectivity index (χ0v) is 20.1. The number of nitrogens with one attached hydrogen (secondary N) is 1. The minimum Gasteiger partial charge on any atom is -0.273 e. The number of carbonyl (C=O) groups is 2. The molecular formula is C27H20N4O2S2. The third-order valence-corrected chi connectivity index (χ3v) is 6.64. The lowest BCUT2D eigenvalue weighted by atomic mass is 10.1. The van der Waals surface area contributed by atoms with Crippen molar-refractivity contribution in [3.63, 3.8) is 0 Å². The second-order valence-electron chi connectivity index (χ2n) is 7.79. The number of thioether (sulfide) groups is 1. The van der Waals surface area contributed by atoms with Crippen LogP contribution in [0, 0.1) is 0 Å². The van der Waals surface area contributed by atoms with E-state index in [1.54, 1.807) is 10.8 Å². The highest BCUT2D eigenvalue weighted by Gasteiger charge is 2.34. The Bertz CT molecular complexity index is 1420. The highest BCUT2D eigenvalue weighted by Crippen LogP contribution is 2.34. The molecule has 0 unspecified atom stereocenters. The van der Waals surface area contributed by atoms with Gasteiger partial charge in [-0.2, -0.15) is 10.1 Å². The van der Waals surface area contributed by atoms with Gasteiger partial charge in [-0.1, -0.05) is 90.6 Å². The van der Waals surface area contributed by atoms with Gasteiger partial charge in [0.2, 0.25) is 5.91 Å². The predicted molar refractivity (Wildman–Crippen MR) is 142 cm³/mol. The number of nitrogens with zero attached hydrogens (tertiary/aromatic N) is 3. The quantitative estimate of drug-likeness (QED) is 0.300. The summed E-state index contributed by atoms with van der Waals surface area (Å²) in [5.41, 5.74) is 6.85. The van der Waals surface area contributed by atoms with Crippen molar-refractivity contribution in [3.8, 4) is 16.9 Å². The van der Waals surface area contributed by atoms with Crippen LogP contribution in [0.1, 0.15) is 11.1 Å². The van der Waals surface area contributed by atoms with Gasteiger partial charge in [0, 0.05) is 17.3 Å². The Morgan fingerprint density at radius 2 is 1.57 bits per heavy atom. The molecule has 2 amide bonds. The largest absolute Gasteiger partial charge is 0.285 e. The van der Waals surface area contributed by atoms with Crippen LogP contribution in [0.15, 0.2) is 102 Å². The number of hydrogen-bond acceptors (Lipinski definition) is 5. The standard InChI is InChI=1S/C27H20N4O2S2/c32-24(16-19-10-4-1-5-11-19)28-31-26(33)23(35-27(31)34)17-21-18-30(22-14-8-3-9-15-22)29-25(21)20-12-6-2-7-13-20/h1-15,17-18H,16H2,(H,28,32)/b23-17-. The molecule has 0 aliphatic carbocycles. The topological polar surface area (TPSA) is 67.2 Å².